The van der Waals surface area contributed by atoms with Gasteiger partial charge in [-0.3, -0.25) is 9.58 Å². The maximum absolute atomic E-state index is 13.8. The van der Waals surface area contributed by atoms with E-state index in [0.29, 0.717) is 19.4 Å². The molecule has 0 saturated carbocycles. The summed E-state index contributed by atoms with van der Waals surface area (Å²) in [5.41, 5.74) is 1.41. The minimum absolute atomic E-state index is 0.100. The number of ether oxygens (including phenoxy) is 2. The molecule has 1 saturated heterocycles. The van der Waals surface area contributed by atoms with Gasteiger partial charge in [-0.05, 0) is 55.2 Å². The van der Waals surface area contributed by atoms with Gasteiger partial charge in [-0.15, -0.1) is 0 Å². The van der Waals surface area contributed by atoms with Gasteiger partial charge in [0.15, 0.2) is 11.6 Å². The van der Waals surface area contributed by atoms with Crippen molar-refractivity contribution in [3.8, 4) is 11.5 Å². The lowest BCUT2D eigenvalue weighted by atomic mass is 9.92. The average Bonchev–Trinajstić information content (AvgIpc) is 3.23. The molecule has 176 valence electrons. The van der Waals surface area contributed by atoms with E-state index in [-0.39, 0.29) is 12.4 Å². The Morgan fingerprint density at radius 3 is 2.67 bits per heavy atom. The molecule has 1 aromatic heterocycles. The SMILES string of the molecule is Cc1cnn(CCCOc2cccc(CN3CCC(O)(COc4ccccc4F)CC3)c2)c1. The third-order valence-electron chi connectivity index (χ3n) is 5.99. The number of piperidine rings is 1. The highest BCUT2D eigenvalue weighted by molar-refractivity contribution is 5.28. The van der Waals surface area contributed by atoms with Crippen LogP contribution in [0, 0.1) is 12.7 Å². The maximum Gasteiger partial charge on any atom is 0.165 e. The van der Waals surface area contributed by atoms with E-state index in [1.165, 1.54) is 11.6 Å². The number of hydrogen-bond donors (Lipinski definition) is 1. The van der Waals surface area contributed by atoms with E-state index in [1.54, 1.807) is 18.2 Å². The first-order chi connectivity index (χ1) is 16.0. The standard InChI is InChI=1S/C26H32FN3O3/c1-21-17-28-30(18-21)12-5-15-32-23-7-4-6-22(16-23)19-29-13-10-26(31,11-14-29)20-33-25-9-3-2-8-24(25)27/h2-4,6-9,16-18,31H,5,10-15,19-20H2,1H3. The normalized spacial score (nSPS) is 16.0. The molecule has 0 unspecified atom stereocenters. The molecule has 6 nitrogen and oxygen atoms in total. The molecule has 33 heavy (non-hydrogen) atoms. The maximum atomic E-state index is 13.8. The minimum atomic E-state index is -0.934. The van der Waals surface area contributed by atoms with Gasteiger partial charge in [0, 0.05) is 38.8 Å². The zero-order valence-electron chi connectivity index (χ0n) is 19.1. The Morgan fingerprint density at radius 1 is 1.09 bits per heavy atom. The molecular weight excluding hydrogens is 421 g/mol. The van der Waals surface area contributed by atoms with Crippen molar-refractivity contribution in [2.45, 2.75) is 44.9 Å². The molecule has 0 spiro atoms. The molecule has 1 fully saturated rings. The van der Waals surface area contributed by atoms with Gasteiger partial charge in [-0.2, -0.15) is 5.10 Å². The van der Waals surface area contributed by atoms with Crippen molar-refractivity contribution < 1.29 is 19.0 Å². The van der Waals surface area contributed by atoms with Gasteiger partial charge in [-0.1, -0.05) is 24.3 Å². The molecule has 0 bridgehead atoms. The van der Waals surface area contributed by atoms with Crippen LogP contribution in [0.1, 0.15) is 30.4 Å². The predicted octanol–water partition coefficient (Wildman–Crippen LogP) is 4.21. The molecule has 4 rings (SSSR count). The number of aromatic nitrogens is 2. The number of aliphatic hydroxyl groups is 1. The zero-order chi connectivity index (χ0) is 23.1. The number of nitrogens with zero attached hydrogens (tertiary/aromatic N) is 3. The molecule has 0 aliphatic carbocycles. The van der Waals surface area contributed by atoms with Crippen LogP contribution in [-0.2, 0) is 13.1 Å². The molecule has 0 radical (unpaired) electrons. The van der Waals surface area contributed by atoms with E-state index in [1.807, 2.05) is 36.1 Å². The monoisotopic (exact) mass is 453 g/mol. The molecule has 1 aliphatic heterocycles. The van der Waals surface area contributed by atoms with Crippen LogP contribution < -0.4 is 9.47 Å². The Hall–Kier alpha value is -2.90. The molecular formula is C26H32FN3O3. The minimum Gasteiger partial charge on any atom is -0.494 e. The second-order valence-corrected chi connectivity index (χ2v) is 8.85. The van der Waals surface area contributed by atoms with Gasteiger partial charge in [0.05, 0.1) is 12.8 Å². The van der Waals surface area contributed by atoms with Crippen LogP contribution in [0.4, 0.5) is 4.39 Å². The van der Waals surface area contributed by atoms with Crippen LogP contribution in [-0.4, -0.2) is 51.7 Å². The number of rotatable bonds is 10. The third kappa shape index (κ3) is 6.79. The summed E-state index contributed by atoms with van der Waals surface area (Å²) in [6.45, 7) is 5.92. The van der Waals surface area contributed by atoms with Gasteiger partial charge < -0.3 is 14.6 Å². The molecule has 1 N–H and O–H groups in total. The van der Waals surface area contributed by atoms with Crippen molar-refractivity contribution >= 4 is 0 Å². The van der Waals surface area contributed by atoms with Crippen LogP contribution in [0.5, 0.6) is 11.5 Å². The van der Waals surface area contributed by atoms with Gasteiger partial charge in [0.25, 0.3) is 0 Å². The van der Waals surface area contributed by atoms with Crippen molar-refractivity contribution in [3.05, 3.63) is 77.9 Å². The number of para-hydroxylation sites is 1. The van der Waals surface area contributed by atoms with E-state index >= 15 is 0 Å². The lowest BCUT2D eigenvalue weighted by Crippen LogP contribution is -2.47. The molecule has 2 heterocycles. The summed E-state index contributed by atoms with van der Waals surface area (Å²) >= 11 is 0. The highest BCUT2D eigenvalue weighted by atomic mass is 19.1. The van der Waals surface area contributed by atoms with Crippen LogP contribution >= 0.6 is 0 Å². The highest BCUT2D eigenvalue weighted by Crippen LogP contribution is 2.26. The molecule has 3 aromatic rings. The fraction of sp³-hybridized carbons (Fsp3) is 0.423. The van der Waals surface area contributed by atoms with Crippen LogP contribution in [0.25, 0.3) is 0 Å². The largest absolute Gasteiger partial charge is 0.494 e. The van der Waals surface area contributed by atoms with Crippen molar-refractivity contribution in [3.63, 3.8) is 0 Å². The summed E-state index contributed by atoms with van der Waals surface area (Å²) in [5, 5.41) is 15.1. The number of hydrogen-bond acceptors (Lipinski definition) is 5. The Balaban J connectivity index is 1.20. The first-order valence-electron chi connectivity index (χ1n) is 11.5. The lowest BCUT2D eigenvalue weighted by Gasteiger charge is -2.38. The number of aryl methyl sites for hydroxylation is 2. The summed E-state index contributed by atoms with van der Waals surface area (Å²) < 4.78 is 27.2. The topological polar surface area (TPSA) is 59.8 Å². The number of benzene rings is 2. The summed E-state index contributed by atoms with van der Waals surface area (Å²) in [7, 11) is 0. The van der Waals surface area contributed by atoms with Crippen molar-refractivity contribution in [2.24, 2.45) is 0 Å². The Labute approximate surface area is 194 Å². The molecule has 0 atom stereocenters. The highest BCUT2D eigenvalue weighted by Gasteiger charge is 2.33. The predicted molar refractivity (Wildman–Crippen MR) is 125 cm³/mol. The lowest BCUT2D eigenvalue weighted by molar-refractivity contribution is -0.0543. The summed E-state index contributed by atoms with van der Waals surface area (Å²) in [5.74, 6) is 0.651. The average molecular weight is 454 g/mol. The van der Waals surface area contributed by atoms with E-state index in [0.717, 1.165) is 43.9 Å². The van der Waals surface area contributed by atoms with Crippen LogP contribution in [0.3, 0.4) is 0 Å². The van der Waals surface area contributed by atoms with Crippen LogP contribution in [0.15, 0.2) is 60.9 Å². The quantitative estimate of drug-likeness (QED) is 0.466. The Morgan fingerprint density at radius 2 is 1.91 bits per heavy atom. The smallest absolute Gasteiger partial charge is 0.165 e. The summed E-state index contributed by atoms with van der Waals surface area (Å²) in [6.07, 6.45) is 5.97. The van der Waals surface area contributed by atoms with Crippen molar-refractivity contribution in [2.75, 3.05) is 26.3 Å². The Bertz CT molecular complexity index is 1030. The number of halogens is 1. The molecule has 0 amide bonds. The fourth-order valence-corrected chi connectivity index (χ4v) is 4.04. The molecule has 1 aliphatic rings. The fourth-order valence-electron chi connectivity index (χ4n) is 4.04. The molecule has 2 aromatic carbocycles. The van der Waals surface area contributed by atoms with Crippen molar-refractivity contribution in [1.29, 1.82) is 0 Å². The van der Waals surface area contributed by atoms with E-state index in [4.69, 9.17) is 9.47 Å². The van der Waals surface area contributed by atoms with Crippen LogP contribution in [0.2, 0.25) is 0 Å². The van der Waals surface area contributed by atoms with Gasteiger partial charge in [0.1, 0.15) is 18.0 Å². The second-order valence-electron chi connectivity index (χ2n) is 8.85. The second kappa shape index (κ2) is 10.8. The van der Waals surface area contributed by atoms with Gasteiger partial charge >= 0.3 is 0 Å². The van der Waals surface area contributed by atoms with Gasteiger partial charge in [-0.25, -0.2) is 4.39 Å². The van der Waals surface area contributed by atoms with Gasteiger partial charge in [0.2, 0.25) is 0 Å². The van der Waals surface area contributed by atoms with E-state index in [2.05, 4.69) is 22.1 Å². The van der Waals surface area contributed by atoms with Crippen molar-refractivity contribution in [1.82, 2.24) is 14.7 Å². The third-order valence-corrected chi connectivity index (χ3v) is 5.99. The zero-order valence-corrected chi connectivity index (χ0v) is 19.1. The van der Waals surface area contributed by atoms with E-state index in [9.17, 15) is 9.50 Å². The Kier molecular flexibility index (Phi) is 7.62. The molecule has 7 heteroatoms. The number of likely N-dealkylation sites (tertiary alicyclic amines) is 1. The first-order valence-corrected chi connectivity index (χ1v) is 11.5. The summed E-state index contributed by atoms with van der Waals surface area (Å²) in [4.78, 5) is 2.32. The summed E-state index contributed by atoms with van der Waals surface area (Å²) in [6, 6.07) is 14.5. The van der Waals surface area contributed by atoms with E-state index < -0.39 is 11.4 Å². The first kappa shape index (κ1) is 23.3.